The van der Waals surface area contributed by atoms with E-state index in [1.165, 1.54) is 18.3 Å². The zero-order chi connectivity index (χ0) is 23.1. The van der Waals surface area contributed by atoms with Crippen LogP contribution in [-0.4, -0.2) is 27.1 Å². The van der Waals surface area contributed by atoms with Gasteiger partial charge in [-0.3, -0.25) is 9.10 Å². The molecule has 0 bridgehead atoms. The monoisotopic (exact) mass is 469 g/mol. The van der Waals surface area contributed by atoms with Gasteiger partial charge in [-0.2, -0.15) is 5.10 Å². The van der Waals surface area contributed by atoms with Gasteiger partial charge in [-0.1, -0.05) is 67.9 Å². The molecule has 1 N–H and O–H groups in total. The van der Waals surface area contributed by atoms with Gasteiger partial charge in [0.15, 0.2) is 0 Å². The number of hydrogen-bond acceptors (Lipinski definition) is 4. The first-order valence-electron chi connectivity index (χ1n) is 10.0. The van der Waals surface area contributed by atoms with Crippen molar-refractivity contribution in [2.45, 2.75) is 24.7 Å². The highest BCUT2D eigenvalue weighted by Gasteiger charge is 2.27. The summed E-state index contributed by atoms with van der Waals surface area (Å²) in [5, 5.41) is 4.46. The van der Waals surface area contributed by atoms with Gasteiger partial charge in [-0.15, -0.1) is 0 Å². The highest BCUT2D eigenvalue weighted by molar-refractivity contribution is 7.92. The van der Waals surface area contributed by atoms with E-state index in [2.05, 4.69) is 24.4 Å². The topological polar surface area (TPSA) is 78.8 Å². The van der Waals surface area contributed by atoms with E-state index in [4.69, 9.17) is 11.6 Å². The maximum Gasteiger partial charge on any atom is 0.264 e. The zero-order valence-corrected chi connectivity index (χ0v) is 19.3. The van der Waals surface area contributed by atoms with Crippen molar-refractivity contribution in [1.82, 2.24) is 5.43 Å². The molecular formula is C24H24ClN3O3S. The Morgan fingerprint density at radius 3 is 2.34 bits per heavy atom. The lowest BCUT2D eigenvalue weighted by molar-refractivity contribution is -0.119. The number of benzene rings is 3. The Balaban J connectivity index is 1.84. The van der Waals surface area contributed by atoms with Gasteiger partial charge in [0.25, 0.3) is 15.9 Å². The fraction of sp³-hybridized carbons (Fsp3) is 0.167. The molecule has 0 aliphatic rings. The first-order chi connectivity index (χ1) is 15.3. The van der Waals surface area contributed by atoms with E-state index in [9.17, 15) is 13.2 Å². The quantitative estimate of drug-likeness (QED) is 0.380. The molecule has 0 fully saturated rings. The SMILES string of the molecule is CC(C)c1ccc(N(CC(=O)N/N=C\c2cccc(Cl)c2)S(=O)(=O)c2ccccc2)cc1. The minimum absolute atomic E-state index is 0.100. The largest absolute Gasteiger partial charge is 0.271 e. The fourth-order valence-corrected chi connectivity index (χ4v) is 4.63. The molecule has 0 aliphatic carbocycles. The van der Waals surface area contributed by atoms with Gasteiger partial charge in [0.1, 0.15) is 6.54 Å². The van der Waals surface area contributed by atoms with E-state index < -0.39 is 22.5 Å². The van der Waals surface area contributed by atoms with Crippen LogP contribution in [0.3, 0.4) is 0 Å². The van der Waals surface area contributed by atoms with Crippen LogP contribution in [0.1, 0.15) is 30.9 Å². The number of halogens is 1. The van der Waals surface area contributed by atoms with Crippen LogP contribution in [0.25, 0.3) is 0 Å². The molecule has 0 radical (unpaired) electrons. The van der Waals surface area contributed by atoms with Crippen molar-refractivity contribution >= 4 is 39.4 Å². The number of carbonyl (C=O) groups excluding carboxylic acids is 1. The average molecular weight is 470 g/mol. The summed E-state index contributed by atoms with van der Waals surface area (Å²) in [4.78, 5) is 12.7. The lowest BCUT2D eigenvalue weighted by Gasteiger charge is -2.24. The molecule has 0 aliphatic heterocycles. The highest BCUT2D eigenvalue weighted by Crippen LogP contribution is 2.25. The van der Waals surface area contributed by atoms with Crippen LogP contribution in [-0.2, 0) is 14.8 Å². The van der Waals surface area contributed by atoms with Crippen molar-refractivity contribution in [2.75, 3.05) is 10.8 Å². The van der Waals surface area contributed by atoms with Gasteiger partial charge >= 0.3 is 0 Å². The molecule has 166 valence electrons. The third-order valence-electron chi connectivity index (χ3n) is 4.72. The third kappa shape index (κ3) is 5.96. The smallest absolute Gasteiger partial charge is 0.264 e. The molecule has 3 rings (SSSR count). The molecule has 32 heavy (non-hydrogen) atoms. The van der Waals surface area contributed by atoms with E-state index in [1.54, 1.807) is 54.6 Å². The minimum atomic E-state index is -3.96. The summed E-state index contributed by atoms with van der Waals surface area (Å²) in [6.45, 7) is 3.68. The summed E-state index contributed by atoms with van der Waals surface area (Å²) < 4.78 is 27.7. The molecule has 0 heterocycles. The third-order valence-corrected chi connectivity index (χ3v) is 6.74. The van der Waals surface area contributed by atoms with Gasteiger partial charge in [0.05, 0.1) is 16.8 Å². The molecule has 0 aromatic heterocycles. The predicted octanol–water partition coefficient (Wildman–Crippen LogP) is 4.81. The number of sulfonamides is 1. The number of amides is 1. The van der Waals surface area contributed by atoms with Crippen LogP contribution in [0.4, 0.5) is 5.69 Å². The van der Waals surface area contributed by atoms with Gasteiger partial charge in [0, 0.05) is 5.02 Å². The molecule has 0 atom stereocenters. The fourth-order valence-electron chi connectivity index (χ4n) is 2.99. The summed E-state index contributed by atoms with van der Waals surface area (Å²) in [5.41, 5.74) is 4.56. The molecule has 3 aromatic rings. The molecule has 1 amide bonds. The Morgan fingerprint density at radius 1 is 1.03 bits per heavy atom. The maximum atomic E-state index is 13.3. The number of hydrazone groups is 1. The van der Waals surface area contributed by atoms with E-state index in [-0.39, 0.29) is 4.90 Å². The lowest BCUT2D eigenvalue weighted by atomic mass is 10.0. The molecule has 6 nitrogen and oxygen atoms in total. The molecule has 0 saturated heterocycles. The summed E-state index contributed by atoms with van der Waals surface area (Å²) in [6, 6.07) is 22.1. The molecule has 0 saturated carbocycles. The molecule has 8 heteroatoms. The van der Waals surface area contributed by atoms with Gasteiger partial charge < -0.3 is 0 Å². The Hall–Kier alpha value is -3.16. The average Bonchev–Trinajstić information content (AvgIpc) is 2.78. The van der Waals surface area contributed by atoms with Gasteiger partial charge in [-0.05, 0) is 53.4 Å². The second-order valence-electron chi connectivity index (χ2n) is 7.42. The van der Waals surface area contributed by atoms with Crippen LogP contribution in [0.5, 0.6) is 0 Å². The number of rotatable bonds is 8. The van der Waals surface area contributed by atoms with Gasteiger partial charge in [-0.25, -0.2) is 13.8 Å². The number of anilines is 1. The maximum absolute atomic E-state index is 13.3. The summed E-state index contributed by atoms with van der Waals surface area (Å²) in [5.74, 6) is -0.275. The summed E-state index contributed by atoms with van der Waals surface area (Å²) in [6.07, 6.45) is 1.44. The van der Waals surface area contributed by atoms with Gasteiger partial charge in [0.2, 0.25) is 0 Å². The van der Waals surface area contributed by atoms with Crippen molar-refractivity contribution in [3.05, 3.63) is 95.0 Å². The highest BCUT2D eigenvalue weighted by atomic mass is 35.5. The van der Waals surface area contributed by atoms with Crippen molar-refractivity contribution in [3.63, 3.8) is 0 Å². The second-order valence-corrected chi connectivity index (χ2v) is 9.72. The molecular weight excluding hydrogens is 446 g/mol. The lowest BCUT2D eigenvalue weighted by Crippen LogP contribution is -2.39. The number of carbonyl (C=O) groups is 1. The normalized spacial score (nSPS) is 11.6. The zero-order valence-electron chi connectivity index (χ0n) is 17.8. The Morgan fingerprint density at radius 2 is 1.72 bits per heavy atom. The van der Waals surface area contributed by atoms with E-state index in [1.807, 2.05) is 12.1 Å². The first-order valence-corrected chi connectivity index (χ1v) is 11.8. The van der Waals surface area contributed by atoms with Crippen LogP contribution < -0.4 is 9.73 Å². The van der Waals surface area contributed by atoms with Crippen molar-refractivity contribution in [3.8, 4) is 0 Å². The second kappa shape index (κ2) is 10.4. The first kappa shape index (κ1) is 23.5. The standard InChI is InChI=1S/C24H24ClN3O3S/c1-18(2)20-11-13-22(14-12-20)28(32(30,31)23-9-4-3-5-10-23)17-24(29)27-26-16-19-7-6-8-21(25)15-19/h3-16,18H,17H2,1-2H3,(H,27,29)/b26-16-. The van der Waals surface area contributed by atoms with Crippen molar-refractivity contribution in [2.24, 2.45) is 5.10 Å². The van der Waals surface area contributed by atoms with Crippen LogP contribution in [0.15, 0.2) is 88.9 Å². The van der Waals surface area contributed by atoms with Crippen LogP contribution >= 0.6 is 11.6 Å². The Labute approximate surface area is 193 Å². The Kier molecular flexibility index (Phi) is 7.66. The van der Waals surface area contributed by atoms with Crippen molar-refractivity contribution < 1.29 is 13.2 Å². The number of hydrogen-bond donors (Lipinski definition) is 1. The molecule has 3 aromatic carbocycles. The van der Waals surface area contributed by atoms with E-state index >= 15 is 0 Å². The Bertz CT molecular complexity index is 1190. The molecule has 0 unspecified atom stereocenters. The summed E-state index contributed by atoms with van der Waals surface area (Å²) >= 11 is 5.94. The number of nitrogens with zero attached hydrogens (tertiary/aromatic N) is 2. The van der Waals surface area contributed by atoms with Crippen LogP contribution in [0, 0.1) is 0 Å². The predicted molar refractivity (Wildman–Crippen MR) is 129 cm³/mol. The summed E-state index contributed by atoms with van der Waals surface area (Å²) in [7, 11) is -3.96. The van der Waals surface area contributed by atoms with Crippen LogP contribution in [0.2, 0.25) is 5.02 Å². The van der Waals surface area contributed by atoms with E-state index in [0.29, 0.717) is 22.2 Å². The minimum Gasteiger partial charge on any atom is -0.271 e. The van der Waals surface area contributed by atoms with Crippen molar-refractivity contribution in [1.29, 1.82) is 0 Å². The number of nitrogens with one attached hydrogen (secondary N) is 1. The molecule has 0 spiro atoms. The van der Waals surface area contributed by atoms with E-state index in [0.717, 1.165) is 9.87 Å².